The van der Waals surface area contributed by atoms with Crippen LogP contribution in [0.5, 0.6) is 0 Å². The minimum absolute atomic E-state index is 0.102. The van der Waals surface area contributed by atoms with Gasteiger partial charge in [0.05, 0.1) is 6.61 Å². The predicted octanol–water partition coefficient (Wildman–Crippen LogP) is 0.163. The van der Waals surface area contributed by atoms with Gasteiger partial charge in [-0.05, 0) is 26.0 Å². The zero-order valence-electron chi connectivity index (χ0n) is 9.62. The average Bonchev–Trinajstić information content (AvgIpc) is 2.62. The highest BCUT2D eigenvalue weighted by Crippen LogP contribution is 2.05. The molecule has 16 heavy (non-hydrogen) atoms. The smallest absolute Gasteiger partial charge is 0.269 e. The first-order valence-corrected chi connectivity index (χ1v) is 5.46. The molecule has 0 saturated carbocycles. The normalized spacial score (nSPS) is 20.8. The number of hydrogen-bond donors (Lipinski definition) is 2. The van der Waals surface area contributed by atoms with Crippen molar-refractivity contribution < 1.29 is 9.53 Å². The van der Waals surface area contributed by atoms with E-state index >= 15 is 0 Å². The third-order valence-electron chi connectivity index (χ3n) is 2.71. The van der Waals surface area contributed by atoms with Gasteiger partial charge in [-0.25, -0.2) is 0 Å². The molecule has 1 saturated heterocycles. The summed E-state index contributed by atoms with van der Waals surface area (Å²) in [5, 5.41) is 3.13. The minimum Gasteiger partial charge on any atom is -0.366 e. The van der Waals surface area contributed by atoms with Crippen LogP contribution < -0.4 is 10.7 Å². The lowest BCUT2D eigenvalue weighted by atomic mass is 10.3. The van der Waals surface area contributed by atoms with Gasteiger partial charge >= 0.3 is 0 Å². The Hall–Kier alpha value is -1.33. The molecule has 1 atom stereocenters. The molecule has 0 aromatic carbocycles. The predicted molar refractivity (Wildman–Crippen MR) is 60.9 cm³/mol. The van der Waals surface area contributed by atoms with Crippen molar-refractivity contribution in [3.8, 4) is 0 Å². The Morgan fingerprint density at radius 3 is 2.75 bits per heavy atom. The van der Waals surface area contributed by atoms with Crippen molar-refractivity contribution in [3.05, 3.63) is 23.5 Å². The first-order valence-electron chi connectivity index (χ1n) is 5.46. The fourth-order valence-electron chi connectivity index (χ4n) is 1.76. The Kier molecular flexibility index (Phi) is 3.26. The molecule has 0 aliphatic carbocycles. The second kappa shape index (κ2) is 4.67. The fraction of sp³-hybridized carbons (Fsp3) is 0.545. The topological polar surface area (TPSA) is 55.3 Å². The van der Waals surface area contributed by atoms with Crippen molar-refractivity contribution >= 4 is 5.91 Å². The lowest BCUT2D eigenvalue weighted by Gasteiger charge is -2.23. The summed E-state index contributed by atoms with van der Waals surface area (Å²) < 4.78 is 7.16. The first-order chi connectivity index (χ1) is 7.68. The summed E-state index contributed by atoms with van der Waals surface area (Å²) in [5.41, 5.74) is 4.86. The van der Waals surface area contributed by atoms with Gasteiger partial charge in [0.1, 0.15) is 6.10 Å². The molecule has 2 rings (SSSR count). The van der Waals surface area contributed by atoms with Gasteiger partial charge in [0.2, 0.25) is 0 Å². The maximum atomic E-state index is 11.9. The van der Waals surface area contributed by atoms with Crippen LogP contribution in [0.25, 0.3) is 0 Å². The van der Waals surface area contributed by atoms with Crippen molar-refractivity contribution in [2.24, 2.45) is 0 Å². The fourth-order valence-corrected chi connectivity index (χ4v) is 1.76. The Morgan fingerprint density at radius 1 is 1.50 bits per heavy atom. The molecule has 1 aromatic rings. The lowest BCUT2D eigenvalue weighted by molar-refractivity contribution is -0.129. The summed E-state index contributed by atoms with van der Waals surface area (Å²) in [5.74, 6) is -0.102. The van der Waals surface area contributed by atoms with Crippen LogP contribution in [-0.4, -0.2) is 36.4 Å². The third kappa shape index (κ3) is 2.25. The third-order valence-corrected chi connectivity index (χ3v) is 2.71. The number of morpholine rings is 1. The highest BCUT2D eigenvalue weighted by Gasteiger charge is 2.22. The van der Waals surface area contributed by atoms with Crippen molar-refractivity contribution in [2.75, 3.05) is 25.1 Å². The van der Waals surface area contributed by atoms with Crippen molar-refractivity contribution in [1.82, 2.24) is 9.99 Å². The molecule has 5 nitrogen and oxygen atoms in total. The number of carbonyl (C=O) groups excluding carboxylic acids is 1. The van der Waals surface area contributed by atoms with E-state index < -0.39 is 6.10 Å². The maximum Gasteiger partial charge on any atom is 0.269 e. The molecule has 88 valence electrons. The molecule has 1 aromatic heterocycles. The van der Waals surface area contributed by atoms with E-state index in [4.69, 9.17) is 4.74 Å². The van der Waals surface area contributed by atoms with Crippen LogP contribution in [0.3, 0.4) is 0 Å². The largest absolute Gasteiger partial charge is 0.366 e. The SMILES string of the molecule is Cc1ccc(C)n1NC(=O)C1CNCCO1. The van der Waals surface area contributed by atoms with Gasteiger partial charge < -0.3 is 10.1 Å². The lowest BCUT2D eigenvalue weighted by Crippen LogP contribution is -2.47. The molecular formula is C11H17N3O2. The average molecular weight is 223 g/mol. The Balaban J connectivity index is 2.01. The molecular weight excluding hydrogens is 206 g/mol. The van der Waals surface area contributed by atoms with Crippen LogP contribution in [0, 0.1) is 13.8 Å². The molecule has 0 bridgehead atoms. The first kappa shape index (κ1) is 11.2. The summed E-state index contributed by atoms with van der Waals surface area (Å²) in [6.07, 6.45) is -0.394. The van der Waals surface area contributed by atoms with Gasteiger partial charge in [-0.2, -0.15) is 0 Å². The number of ether oxygens (including phenoxy) is 1. The van der Waals surface area contributed by atoms with E-state index in [1.165, 1.54) is 0 Å². The van der Waals surface area contributed by atoms with E-state index in [-0.39, 0.29) is 5.91 Å². The molecule has 1 aliphatic heterocycles. The molecule has 0 radical (unpaired) electrons. The number of aryl methyl sites for hydroxylation is 2. The van der Waals surface area contributed by atoms with Gasteiger partial charge in [-0.15, -0.1) is 0 Å². The Bertz CT molecular complexity index is 361. The van der Waals surface area contributed by atoms with E-state index in [1.807, 2.05) is 26.0 Å². The van der Waals surface area contributed by atoms with Gasteiger partial charge in [0.15, 0.2) is 0 Å². The number of amides is 1. The number of carbonyl (C=O) groups is 1. The van der Waals surface area contributed by atoms with Crippen LogP contribution in [0.4, 0.5) is 0 Å². The monoisotopic (exact) mass is 223 g/mol. The zero-order valence-corrected chi connectivity index (χ0v) is 9.62. The van der Waals surface area contributed by atoms with E-state index in [2.05, 4.69) is 10.7 Å². The number of nitrogens with zero attached hydrogens (tertiary/aromatic N) is 1. The second-order valence-corrected chi connectivity index (χ2v) is 3.99. The highest BCUT2D eigenvalue weighted by atomic mass is 16.5. The van der Waals surface area contributed by atoms with E-state index in [1.54, 1.807) is 4.68 Å². The van der Waals surface area contributed by atoms with E-state index in [9.17, 15) is 4.79 Å². The molecule has 2 heterocycles. The zero-order chi connectivity index (χ0) is 11.5. The van der Waals surface area contributed by atoms with E-state index in [0.717, 1.165) is 17.9 Å². The summed E-state index contributed by atoms with van der Waals surface area (Å²) >= 11 is 0. The number of hydrogen-bond acceptors (Lipinski definition) is 3. The van der Waals surface area contributed by atoms with Crippen molar-refractivity contribution in [1.29, 1.82) is 0 Å². The minimum atomic E-state index is -0.394. The van der Waals surface area contributed by atoms with Crippen molar-refractivity contribution in [3.63, 3.8) is 0 Å². The number of nitrogens with one attached hydrogen (secondary N) is 2. The summed E-state index contributed by atoms with van der Waals surface area (Å²) in [7, 11) is 0. The van der Waals surface area contributed by atoms with Crippen molar-refractivity contribution in [2.45, 2.75) is 20.0 Å². The van der Waals surface area contributed by atoms with Crippen LogP contribution in [0.15, 0.2) is 12.1 Å². The van der Waals surface area contributed by atoms with Gasteiger partial charge in [-0.1, -0.05) is 0 Å². The van der Waals surface area contributed by atoms with E-state index in [0.29, 0.717) is 13.2 Å². The molecule has 2 N–H and O–H groups in total. The van der Waals surface area contributed by atoms with Gasteiger partial charge in [0, 0.05) is 24.5 Å². The van der Waals surface area contributed by atoms with Crippen LogP contribution in [0.1, 0.15) is 11.4 Å². The molecule has 5 heteroatoms. The summed E-state index contributed by atoms with van der Waals surface area (Å²) in [6.45, 7) is 5.87. The Labute approximate surface area is 94.7 Å². The quantitative estimate of drug-likeness (QED) is 0.751. The number of rotatable bonds is 2. The maximum absolute atomic E-state index is 11.9. The van der Waals surface area contributed by atoms with Crippen LogP contribution >= 0.6 is 0 Å². The van der Waals surface area contributed by atoms with Crippen LogP contribution in [0.2, 0.25) is 0 Å². The van der Waals surface area contributed by atoms with Gasteiger partial charge in [0.25, 0.3) is 5.91 Å². The highest BCUT2D eigenvalue weighted by molar-refractivity contribution is 5.88. The standard InChI is InChI=1S/C11H17N3O2/c1-8-3-4-9(2)14(8)13-11(15)10-7-12-5-6-16-10/h3-4,10,12H,5-7H2,1-2H3,(H,13,15). The van der Waals surface area contributed by atoms with Crippen LogP contribution in [-0.2, 0) is 9.53 Å². The van der Waals surface area contributed by atoms with Gasteiger partial charge in [-0.3, -0.25) is 14.9 Å². The molecule has 0 spiro atoms. The summed E-state index contributed by atoms with van der Waals surface area (Å²) in [6, 6.07) is 3.94. The molecule has 1 fully saturated rings. The Morgan fingerprint density at radius 2 is 2.19 bits per heavy atom. The molecule has 1 amide bonds. The number of aromatic nitrogens is 1. The molecule has 1 unspecified atom stereocenters. The summed E-state index contributed by atoms with van der Waals surface area (Å²) in [4.78, 5) is 11.9. The second-order valence-electron chi connectivity index (χ2n) is 3.99. The molecule has 1 aliphatic rings.